The molecule has 0 spiro atoms. The number of anilines is 1. The van der Waals surface area contributed by atoms with Gasteiger partial charge < -0.3 is 5.32 Å². The van der Waals surface area contributed by atoms with Crippen LogP contribution >= 0.6 is 22.7 Å². The second-order valence-electron chi connectivity index (χ2n) is 7.06. The molecule has 0 unspecified atom stereocenters. The summed E-state index contributed by atoms with van der Waals surface area (Å²) in [6, 6.07) is 10.9. The fourth-order valence-electron chi connectivity index (χ4n) is 3.22. The van der Waals surface area contributed by atoms with E-state index in [9.17, 15) is 13.2 Å². The van der Waals surface area contributed by atoms with Crippen LogP contribution in [-0.4, -0.2) is 61.2 Å². The van der Waals surface area contributed by atoms with Gasteiger partial charge >= 0.3 is 0 Å². The Bertz CT molecular complexity index is 1100. The van der Waals surface area contributed by atoms with Gasteiger partial charge in [0.1, 0.15) is 0 Å². The molecule has 1 aliphatic rings. The van der Waals surface area contributed by atoms with Crippen LogP contribution in [0.25, 0.3) is 10.6 Å². The first kappa shape index (κ1) is 21.1. The van der Waals surface area contributed by atoms with Crippen LogP contribution < -0.4 is 5.32 Å². The van der Waals surface area contributed by atoms with E-state index in [0.717, 1.165) is 16.1 Å². The molecule has 0 atom stereocenters. The van der Waals surface area contributed by atoms with E-state index in [4.69, 9.17) is 0 Å². The molecule has 1 saturated heterocycles. The predicted molar refractivity (Wildman–Crippen MR) is 120 cm³/mol. The summed E-state index contributed by atoms with van der Waals surface area (Å²) < 4.78 is 27.1. The van der Waals surface area contributed by atoms with Gasteiger partial charge in [0.15, 0.2) is 5.13 Å². The van der Waals surface area contributed by atoms with Crippen LogP contribution in [0.5, 0.6) is 0 Å². The van der Waals surface area contributed by atoms with E-state index >= 15 is 0 Å². The Balaban J connectivity index is 1.29. The Hall–Kier alpha value is -2.11. The van der Waals surface area contributed by atoms with Crippen molar-refractivity contribution in [2.24, 2.45) is 0 Å². The first-order valence-electron chi connectivity index (χ1n) is 9.50. The van der Waals surface area contributed by atoms with Crippen molar-refractivity contribution < 1.29 is 13.2 Å². The lowest BCUT2D eigenvalue weighted by molar-refractivity contribution is -0.117. The number of thiazole rings is 1. The van der Waals surface area contributed by atoms with Crippen LogP contribution in [0, 0.1) is 6.92 Å². The molecule has 3 aromatic rings. The highest BCUT2D eigenvalue weighted by Gasteiger charge is 2.29. The predicted octanol–water partition coefficient (Wildman–Crippen LogP) is 3.13. The van der Waals surface area contributed by atoms with Crippen LogP contribution in [-0.2, 0) is 14.8 Å². The van der Waals surface area contributed by atoms with Gasteiger partial charge in [0.25, 0.3) is 0 Å². The number of piperazine rings is 1. The van der Waals surface area contributed by atoms with Crippen LogP contribution in [0.3, 0.4) is 0 Å². The van der Waals surface area contributed by atoms with Crippen LogP contribution in [0.1, 0.15) is 5.56 Å². The van der Waals surface area contributed by atoms with Crippen LogP contribution in [0.4, 0.5) is 5.13 Å². The van der Waals surface area contributed by atoms with Gasteiger partial charge in [0.05, 0.1) is 22.0 Å². The average molecular weight is 463 g/mol. The van der Waals surface area contributed by atoms with Gasteiger partial charge in [-0.15, -0.1) is 22.7 Å². The average Bonchev–Trinajstić information content (AvgIpc) is 3.40. The van der Waals surface area contributed by atoms with Gasteiger partial charge in [-0.05, 0) is 30.5 Å². The van der Waals surface area contributed by atoms with E-state index in [-0.39, 0.29) is 12.5 Å². The number of hydrogen-bond donors (Lipinski definition) is 1. The highest BCUT2D eigenvalue weighted by atomic mass is 32.2. The van der Waals surface area contributed by atoms with E-state index in [1.807, 2.05) is 34.7 Å². The molecule has 4 rings (SSSR count). The zero-order valence-electron chi connectivity index (χ0n) is 16.4. The van der Waals surface area contributed by atoms with Crippen molar-refractivity contribution >= 4 is 43.7 Å². The third-order valence-corrected chi connectivity index (χ3v) is 8.44. The quantitative estimate of drug-likeness (QED) is 0.609. The van der Waals surface area contributed by atoms with Crippen LogP contribution in [0.15, 0.2) is 52.1 Å². The number of hydrogen-bond acceptors (Lipinski definition) is 7. The Morgan fingerprint density at radius 2 is 1.83 bits per heavy atom. The summed E-state index contributed by atoms with van der Waals surface area (Å²) in [4.78, 5) is 20.2. The molecule has 0 aliphatic carbocycles. The molecular formula is C20H22N4O3S3. The number of aromatic nitrogens is 1. The van der Waals surface area contributed by atoms with E-state index < -0.39 is 10.0 Å². The molecule has 0 radical (unpaired) electrons. The molecule has 1 amide bonds. The second-order valence-corrected chi connectivity index (χ2v) is 10.8. The third kappa shape index (κ3) is 4.79. The van der Waals surface area contributed by atoms with Crippen molar-refractivity contribution in [3.8, 4) is 10.6 Å². The Labute approximate surface area is 184 Å². The van der Waals surface area contributed by atoms with Crippen molar-refractivity contribution in [3.63, 3.8) is 0 Å². The summed E-state index contributed by atoms with van der Waals surface area (Å²) in [6.45, 7) is 3.89. The van der Waals surface area contributed by atoms with Gasteiger partial charge in [-0.2, -0.15) is 4.31 Å². The molecule has 7 nitrogen and oxygen atoms in total. The lowest BCUT2D eigenvalue weighted by atomic mass is 10.2. The summed E-state index contributed by atoms with van der Waals surface area (Å²) in [5, 5.41) is 7.34. The topological polar surface area (TPSA) is 82.6 Å². The standard InChI is InChI=1S/C20H22N4O3S3/c1-15-4-6-16(7-5-15)30(26,27)24-10-8-23(9-11-24)13-19(25)22-20-21-17(14-29-20)18-3-2-12-28-18/h2-7,12,14H,8-11,13H2,1H3,(H,21,22,25). The number of amides is 1. The number of sulfonamides is 1. The lowest BCUT2D eigenvalue weighted by Crippen LogP contribution is -2.50. The van der Waals surface area contributed by atoms with Gasteiger partial charge in [0.2, 0.25) is 15.9 Å². The van der Waals surface area contributed by atoms with Crippen molar-refractivity contribution in [2.45, 2.75) is 11.8 Å². The van der Waals surface area contributed by atoms with Gasteiger partial charge in [-0.1, -0.05) is 23.8 Å². The minimum atomic E-state index is -3.50. The molecule has 1 fully saturated rings. The number of rotatable bonds is 6. The van der Waals surface area contributed by atoms with Crippen molar-refractivity contribution in [3.05, 3.63) is 52.7 Å². The molecule has 3 heterocycles. The van der Waals surface area contributed by atoms with E-state index in [1.54, 1.807) is 35.6 Å². The lowest BCUT2D eigenvalue weighted by Gasteiger charge is -2.33. The maximum absolute atomic E-state index is 12.8. The smallest absolute Gasteiger partial charge is 0.243 e. The Kier molecular flexibility index (Phi) is 6.30. The summed E-state index contributed by atoms with van der Waals surface area (Å²) in [7, 11) is -3.50. The molecule has 0 bridgehead atoms. The van der Waals surface area contributed by atoms with E-state index in [0.29, 0.717) is 36.2 Å². The minimum absolute atomic E-state index is 0.142. The minimum Gasteiger partial charge on any atom is -0.301 e. The molecule has 10 heteroatoms. The summed E-state index contributed by atoms with van der Waals surface area (Å²) in [6.07, 6.45) is 0. The van der Waals surface area contributed by atoms with Gasteiger partial charge in [-0.25, -0.2) is 13.4 Å². The molecule has 1 aliphatic heterocycles. The highest BCUT2D eigenvalue weighted by molar-refractivity contribution is 7.89. The highest BCUT2D eigenvalue weighted by Crippen LogP contribution is 2.28. The first-order valence-corrected chi connectivity index (χ1v) is 12.7. The molecule has 30 heavy (non-hydrogen) atoms. The number of benzene rings is 1. The van der Waals surface area contributed by atoms with Crippen molar-refractivity contribution in [1.29, 1.82) is 0 Å². The zero-order valence-corrected chi connectivity index (χ0v) is 18.9. The van der Waals surface area contributed by atoms with Gasteiger partial charge in [-0.3, -0.25) is 9.69 Å². The fourth-order valence-corrected chi connectivity index (χ4v) is 6.13. The normalized spacial score (nSPS) is 15.9. The summed E-state index contributed by atoms with van der Waals surface area (Å²) in [5.74, 6) is -0.142. The maximum Gasteiger partial charge on any atom is 0.243 e. The summed E-state index contributed by atoms with van der Waals surface area (Å²) in [5.41, 5.74) is 1.88. The largest absolute Gasteiger partial charge is 0.301 e. The number of nitrogens with zero attached hydrogens (tertiary/aromatic N) is 3. The molecule has 158 valence electrons. The molecule has 1 aromatic carbocycles. The summed E-state index contributed by atoms with van der Waals surface area (Å²) >= 11 is 3.01. The SMILES string of the molecule is Cc1ccc(S(=O)(=O)N2CCN(CC(=O)Nc3nc(-c4cccs4)cs3)CC2)cc1. The number of carbonyl (C=O) groups excluding carboxylic acids is 1. The number of aryl methyl sites for hydroxylation is 1. The van der Waals surface area contributed by atoms with Crippen molar-refractivity contribution in [2.75, 3.05) is 38.0 Å². The molecule has 0 saturated carbocycles. The Morgan fingerprint density at radius 1 is 1.10 bits per heavy atom. The molecular weight excluding hydrogens is 440 g/mol. The number of carbonyl (C=O) groups is 1. The Morgan fingerprint density at radius 3 is 2.50 bits per heavy atom. The van der Waals surface area contributed by atoms with E-state index in [1.165, 1.54) is 15.6 Å². The first-order chi connectivity index (χ1) is 14.4. The van der Waals surface area contributed by atoms with Crippen molar-refractivity contribution in [1.82, 2.24) is 14.2 Å². The zero-order chi connectivity index (χ0) is 21.1. The monoisotopic (exact) mass is 462 g/mol. The number of thiophene rings is 1. The van der Waals surface area contributed by atoms with Gasteiger partial charge in [0, 0.05) is 31.6 Å². The van der Waals surface area contributed by atoms with Crippen LogP contribution in [0.2, 0.25) is 0 Å². The number of nitrogens with one attached hydrogen (secondary N) is 1. The maximum atomic E-state index is 12.8. The van der Waals surface area contributed by atoms with E-state index in [2.05, 4.69) is 10.3 Å². The third-order valence-electron chi connectivity index (χ3n) is 4.88. The second kappa shape index (κ2) is 8.94. The molecule has 1 N–H and O–H groups in total. The fraction of sp³-hybridized carbons (Fsp3) is 0.300. The molecule has 2 aromatic heterocycles.